The number of aromatic amines is 1. The Hall–Kier alpha value is -4.20. The minimum absolute atomic E-state index is 0.573. The predicted molar refractivity (Wildman–Crippen MR) is 129 cm³/mol. The summed E-state index contributed by atoms with van der Waals surface area (Å²) in [6, 6.07) is 16.5. The van der Waals surface area contributed by atoms with Crippen LogP contribution in [0.5, 0.6) is 0 Å². The molecule has 1 aliphatic heterocycles. The summed E-state index contributed by atoms with van der Waals surface area (Å²) >= 11 is 0. The van der Waals surface area contributed by atoms with Gasteiger partial charge in [-0.15, -0.1) is 0 Å². The zero-order valence-corrected chi connectivity index (χ0v) is 18.3. The van der Waals surface area contributed by atoms with Crippen LogP contribution in [0, 0.1) is 6.92 Å². The zero-order valence-electron chi connectivity index (χ0n) is 18.3. The molecule has 1 aromatic carbocycles. The highest BCUT2D eigenvalue weighted by atomic mass is 15.3. The molecule has 6 rings (SSSR count). The van der Waals surface area contributed by atoms with Crippen molar-refractivity contribution in [3.8, 4) is 22.6 Å². The molecule has 0 unspecified atom stereocenters. The molecule has 0 radical (unpaired) electrons. The number of nitrogens with one attached hydrogen (secondary N) is 3. The number of benzene rings is 1. The molecular formula is C25H24N8. The summed E-state index contributed by atoms with van der Waals surface area (Å²) in [5, 5.41) is 11.3. The highest BCUT2D eigenvalue weighted by molar-refractivity contribution is 5.77. The van der Waals surface area contributed by atoms with Crippen molar-refractivity contribution in [3.05, 3.63) is 78.1 Å². The number of nitrogens with zero attached hydrogens (tertiary/aromatic N) is 5. The van der Waals surface area contributed by atoms with Crippen LogP contribution < -0.4 is 10.6 Å². The molecule has 0 spiro atoms. The minimum Gasteiger partial charge on any atom is -0.385 e. The molecular weight excluding hydrogens is 412 g/mol. The molecule has 5 aromatic rings. The Bertz CT molecular complexity index is 1450. The lowest BCUT2D eigenvalue weighted by molar-refractivity contribution is 0.830. The Balaban J connectivity index is 1.34. The number of aryl methyl sites for hydroxylation is 2. The molecule has 3 N–H and O–H groups in total. The van der Waals surface area contributed by atoms with E-state index in [0.29, 0.717) is 6.54 Å². The molecule has 0 saturated heterocycles. The van der Waals surface area contributed by atoms with E-state index < -0.39 is 0 Å². The van der Waals surface area contributed by atoms with Gasteiger partial charge in [0.05, 0.1) is 17.9 Å². The first-order valence-electron chi connectivity index (χ1n) is 11.2. The second kappa shape index (κ2) is 8.05. The smallest absolute Gasteiger partial charge is 0.155 e. The average Bonchev–Trinajstić information content (AvgIpc) is 3.49. The molecule has 8 heteroatoms. The van der Waals surface area contributed by atoms with Gasteiger partial charge in [0, 0.05) is 35.4 Å². The number of imidazole rings is 1. The monoisotopic (exact) mass is 436 g/mol. The normalized spacial score (nSPS) is 13.0. The molecule has 33 heavy (non-hydrogen) atoms. The lowest BCUT2D eigenvalue weighted by Gasteiger charge is -2.19. The van der Waals surface area contributed by atoms with Gasteiger partial charge < -0.3 is 15.6 Å². The van der Waals surface area contributed by atoms with Gasteiger partial charge in [0.25, 0.3) is 0 Å². The van der Waals surface area contributed by atoms with E-state index in [1.54, 1.807) is 10.8 Å². The third kappa shape index (κ3) is 3.80. The molecule has 8 nitrogen and oxygen atoms in total. The Morgan fingerprint density at radius 2 is 2.06 bits per heavy atom. The Morgan fingerprint density at radius 3 is 3.00 bits per heavy atom. The second-order valence-corrected chi connectivity index (χ2v) is 8.31. The fourth-order valence-electron chi connectivity index (χ4n) is 4.30. The van der Waals surface area contributed by atoms with Crippen molar-refractivity contribution < 1.29 is 0 Å². The molecule has 1 aliphatic rings. The summed E-state index contributed by atoms with van der Waals surface area (Å²) in [6.07, 6.45) is 5.83. The summed E-state index contributed by atoms with van der Waals surface area (Å²) in [5.41, 5.74) is 8.97. The van der Waals surface area contributed by atoms with Crippen molar-refractivity contribution in [3.63, 3.8) is 0 Å². The van der Waals surface area contributed by atoms with Crippen LogP contribution >= 0.6 is 0 Å². The van der Waals surface area contributed by atoms with Crippen LogP contribution in [0.3, 0.4) is 0 Å². The van der Waals surface area contributed by atoms with Gasteiger partial charge in [-0.1, -0.05) is 12.1 Å². The fourth-order valence-corrected chi connectivity index (χ4v) is 4.30. The second-order valence-electron chi connectivity index (χ2n) is 8.31. The van der Waals surface area contributed by atoms with Gasteiger partial charge in [0.1, 0.15) is 17.8 Å². The Kier molecular flexibility index (Phi) is 4.75. The van der Waals surface area contributed by atoms with E-state index in [4.69, 9.17) is 9.97 Å². The fraction of sp³-hybridized carbons (Fsp3) is 0.200. The molecule has 0 amide bonds. The van der Waals surface area contributed by atoms with E-state index in [-0.39, 0.29) is 0 Å². The summed E-state index contributed by atoms with van der Waals surface area (Å²) in [4.78, 5) is 17.4. The number of aromatic nitrogens is 6. The van der Waals surface area contributed by atoms with Crippen LogP contribution in [0.25, 0.3) is 28.3 Å². The first kappa shape index (κ1) is 19.5. The number of hydrogen-bond acceptors (Lipinski definition) is 6. The maximum absolute atomic E-state index is 4.93. The Morgan fingerprint density at radius 1 is 1.09 bits per heavy atom. The number of H-pyrrole nitrogens is 1. The Labute approximate surface area is 191 Å². The van der Waals surface area contributed by atoms with Crippen molar-refractivity contribution in [2.75, 3.05) is 17.2 Å². The first-order valence-corrected chi connectivity index (χ1v) is 11.2. The summed E-state index contributed by atoms with van der Waals surface area (Å²) in [5.74, 6) is 0.840. The molecule has 0 atom stereocenters. The lowest BCUT2D eigenvalue weighted by Crippen LogP contribution is -2.12. The quantitative estimate of drug-likeness (QED) is 0.376. The molecule has 4 aromatic heterocycles. The van der Waals surface area contributed by atoms with E-state index >= 15 is 0 Å². The average molecular weight is 437 g/mol. The highest BCUT2D eigenvalue weighted by Crippen LogP contribution is 2.30. The van der Waals surface area contributed by atoms with Crippen LogP contribution in [-0.2, 0) is 13.0 Å². The summed E-state index contributed by atoms with van der Waals surface area (Å²) < 4.78 is 1.77. The molecule has 0 saturated carbocycles. The third-order valence-corrected chi connectivity index (χ3v) is 5.95. The van der Waals surface area contributed by atoms with Crippen LogP contribution in [0.2, 0.25) is 0 Å². The van der Waals surface area contributed by atoms with Crippen LogP contribution in [0.15, 0.2) is 61.1 Å². The number of rotatable bonds is 5. The van der Waals surface area contributed by atoms with E-state index in [9.17, 15) is 0 Å². The van der Waals surface area contributed by atoms with Crippen molar-refractivity contribution in [1.82, 2.24) is 29.5 Å². The summed E-state index contributed by atoms with van der Waals surface area (Å²) in [6.45, 7) is 3.59. The van der Waals surface area contributed by atoms with E-state index in [1.165, 1.54) is 17.7 Å². The van der Waals surface area contributed by atoms with E-state index in [1.807, 2.05) is 43.5 Å². The van der Waals surface area contributed by atoms with Crippen molar-refractivity contribution in [1.29, 1.82) is 0 Å². The summed E-state index contributed by atoms with van der Waals surface area (Å²) in [7, 11) is 0. The van der Waals surface area contributed by atoms with Gasteiger partial charge in [-0.05, 0) is 61.7 Å². The zero-order chi connectivity index (χ0) is 22.2. The van der Waals surface area contributed by atoms with Crippen LogP contribution in [-0.4, -0.2) is 36.1 Å². The van der Waals surface area contributed by atoms with Gasteiger partial charge in [-0.3, -0.25) is 4.98 Å². The maximum Gasteiger partial charge on any atom is 0.155 e. The number of anilines is 2. The van der Waals surface area contributed by atoms with Gasteiger partial charge in [0.15, 0.2) is 5.65 Å². The van der Waals surface area contributed by atoms with Gasteiger partial charge in [-0.25, -0.2) is 14.5 Å². The molecule has 0 bridgehead atoms. The predicted octanol–water partition coefficient (Wildman–Crippen LogP) is 4.46. The molecule has 5 heterocycles. The lowest BCUT2D eigenvalue weighted by atomic mass is 10.0. The molecule has 0 aliphatic carbocycles. The van der Waals surface area contributed by atoms with Gasteiger partial charge >= 0.3 is 0 Å². The maximum atomic E-state index is 4.93. The van der Waals surface area contributed by atoms with Crippen molar-refractivity contribution >= 4 is 17.0 Å². The van der Waals surface area contributed by atoms with E-state index in [0.717, 1.165) is 58.5 Å². The number of hydrogen-bond donors (Lipinski definition) is 3. The SMILES string of the molecule is Cc1cccc(-c2nc(CNc3ccc4c(c3)NCCC4)[nH]c2-c2ccc3ncnn3c2)n1. The van der Waals surface area contributed by atoms with Gasteiger partial charge in [-0.2, -0.15) is 5.10 Å². The van der Waals surface area contributed by atoms with Crippen LogP contribution in [0.4, 0.5) is 11.4 Å². The molecule has 0 fully saturated rings. The van der Waals surface area contributed by atoms with Crippen molar-refractivity contribution in [2.24, 2.45) is 0 Å². The van der Waals surface area contributed by atoms with Crippen LogP contribution in [0.1, 0.15) is 23.5 Å². The standard InChI is InChI=1S/C25H24N8/c1-16-4-2-6-20(30-16)25-24(18-8-10-23-28-15-29-33(23)14-18)31-22(32-25)13-27-19-9-7-17-5-3-11-26-21(17)12-19/h2,4,6-10,12,14-15,26-27H,3,5,11,13H2,1H3,(H,31,32). The van der Waals surface area contributed by atoms with Crippen molar-refractivity contribution in [2.45, 2.75) is 26.3 Å². The largest absolute Gasteiger partial charge is 0.385 e. The first-order chi connectivity index (χ1) is 16.2. The number of pyridine rings is 2. The third-order valence-electron chi connectivity index (χ3n) is 5.95. The van der Waals surface area contributed by atoms with Gasteiger partial charge in [0.2, 0.25) is 0 Å². The van der Waals surface area contributed by atoms with E-state index in [2.05, 4.69) is 43.9 Å². The number of fused-ring (bicyclic) bond motifs is 2. The topological polar surface area (TPSA) is 95.8 Å². The molecule has 164 valence electrons. The minimum atomic E-state index is 0.573. The highest BCUT2D eigenvalue weighted by Gasteiger charge is 2.17.